The fourth-order valence-corrected chi connectivity index (χ4v) is 3.24. The molecular formula is C15H14BrFN2O2. The van der Waals surface area contributed by atoms with Crippen molar-refractivity contribution in [1.82, 2.24) is 4.98 Å². The van der Waals surface area contributed by atoms with Crippen molar-refractivity contribution in [3.63, 3.8) is 0 Å². The van der Waals surface area contributed by atoms with Gasteiger partial charge in [0.15, 0.2) is 0 Å². The van der Waals surface area contributed by atoms with E-state index in [0.29, 0.717) is 36.8 Å². The Kier molecular flexibility index (Phi) is 3.80. The third-order valence-corrected chi connectivity index (χ3v) is 4.59. The molecule has 1 aromatic heterocycles. The summed E-state index contributed by atoms with van der Waals surface area (Å²) in [7, 11) is 0. The Bertz CT molecular complexity index is 699. The van der Waals surface area contributed by atoms with Gasteiger partial charge >= 0.3 is 5.97 Å². The molecule has 1 aliphatic heterocycles. The predicted octanol–water partition coefficient (Wildman–Crippen LogP) is 3.44. The fraction of sp³-hybridized carbons (Fsp3) is 0.333. The van der Waals surface area contributed by atoms with Crippen LogP contribution in [-0.4, -0.2) is 29.1 Å². The van der Waals surface area contributed by atoms with E-state index in [4.69, 9.17) is 5.11 Å². The molecule has 0 unspecified atom stereocenters. The highest BCUT2D eigenvalue weighted by atomic mass is 79.9. The van der Waals surface area contributed by atoms with E-state index in [1.165, 1.54) is 6.07 Å². The van der Waals surface area contributed by atoms with Gasteiger partial charge in [0.2, 0.25) is 0 Å². The molecule has 21 heavy (non-hydrogen) atoms. The van der Waals surface area contributed by atoms with Crippen molar-refractivity contribution in [3.8, 4) is 0 Å². The summed E-state index contributed by atoms with van der Waals surface area (Å²) < 4.78 is 15.0. The zero-order chi connectivity index (χ0) is 15.0. The molecule has 0 amide bonds. The second-order valence-corrected chi connectivity index (χ2v) is 6.04. The van der Waals surface area contributed by atoms with Crippen LogP contribution in [-0.2, 0) is 4.79 Å². The number of nitrogens with zero attached hydrogens (tertiary/aromatic N) is 2. The summed E-state index contributed by atoms with van der Waals surface area (Å²) in [6.07, 6.45) is 2.81. The lowest BCUT2D eigenvalue weighted by Crippen LogP contribution is -2.36. The van der Waals surface area contributed by atoms with Crippen molar-refractivity contribution < 1.29 is 14.3 Å². The number of hydrogen-bond donors (Lipinski definition) is 1. The van der Waals surface area contributed by atoms with E-state index in [0.717, 1.165) is 10.2 Å². The molecule has 0 spiro atoms. The normalized spacial score (nSPS) is 16.4. The number of benzene rings is 1. The summed E-state index contributed by atoms with van der Waals surface area (Å²) in [6.45, 7) is 1.23. The zero-order valence-electron chi connectivity index (χ0n) is 11.2. The van der Waals surface area contributed by atoms with Crippen molar-refractivity contribution >= 4 is 38.5 Å². The van der Waals surface area contributed by atoms with E-state index in [1.54, 1.807) is 18.3 Å². The lowest BCUT2D eigenvalue weighted by molar-refractivity contribution is -0.142. The maximum Gasteiger partial charge on any atom is 0.306 e. The lowest BCUT2D eigenvalue weighted by atomic mass is 9.96. The van der Waals surface area contributed by atoms with Gasteiger partial charge in [-0.2, -0.15) is 0 Å². The second-order valence-electron chi connectivity index (χ2n) is 5.18. The smallest absolute Gasteiger partial charge is 0.306 e. The van der Waals surface area contributed by atoms with E-state index >= 15 is 0 Å². The van der Waals surface area contributed by atoms with Crippen molar-refractivity contribution in [3.05, 3.63) is 34.7 Å². The highest BCUT2D eigenvalue weighted by Crippen LogP contribution is 2.34. The first-order valence-corrected chi connectivity index (χ1v) is 7.57. The molecule has 4 nitrogen and oxygen atoms in total. The molecule has 3 rings (SSSR count). The van der Waals surface area contributed by atoms with E-state index in [1.807, 2.05) is 4.90 Å². The van der Waals surface area contributed by atoms with E-state index in [-0.39, 0.29) is 11.7 Å². The van der Waals surface area contributed by atoms with Crippen LogP contribution in [0.25, 0.3) is 10.9 Å². The van der Waals surface area contributed by atoms with Crippen molar-refractivity contribution in [2.75, 3.05) is 18.0 Å². The van der Waals surface area contributed by atoms with Gasteiger partial charge in [-0.15, -0.1) is 0 Å². The Labute approximate surface area is 129 Å². The molecule has 2 heterocycles. The van der Waals surface area contributed by atoms with E-state index < -0.39 is 5.97 Å². The Morgan fingerprint density at radius 3 is 2.71 bits per heavy atom. The predicted molar refractivity (Wildman–Crippen MR) is 82.0 cm³/mol. The minimum atomic E-state index is -0.747. The fourth-order valence-electron chi connectivity index (χ4n) is 2.81. The molecule has 1 aliphatic rings. The summed E-state index contributed by atoms with van der Waals surface area (Å²) in [5, 5.41) is 9.54. The Morgan fingerprint density at radius 1 is 1.33 bits per heavy atom. The van der Waals surface area contributed by atoms with Crippen LogP contribution in [0, 0.1) is 11.7 Å². The van der Waals surface area contributed by atoms with Crippen LogP contribution in [0.2, 0.25) is 0 Å². The number of carboxylic acid groups (broad SMARTS) is 1. The number of rotatable bonds is 2. The third kappa shape index (κ3) is 2.60. The third-order valence-electron chi connectivity index (χ3n) is 3.95. The Hall–Kier alpha value is -1.69. The van der Waals surface area contributed by atoms with Crippen molar-refractivity contribution in [2.24, 2.45) is 5.92 Å². The SMILES string of the molecule is O=C(O)C1CCN(c2ccnc3c(Br)ccc(F)c23)CC1. The van der Waals surface area contributed by atoms with Crippen LogP contribution >= 0.6 is 15.9 Å². The lowest BCUT2D eigenvalue weighted by Gasteiger charge is -2.32. The van der Waals surface area contributed by atoms with Crippen molar-refractivity contribution in [2.45, 2.75) is 12.8 Å². The largest absolute Gasteiger partial charge is 0.481 e. The van der Waals surface area contributed by atoms with Crippen LogP contribution in [0.15, 0.2) is 28.9 Å². The minimum absolute atomic E-state index is 0.300. The minimum Gasteiger partial charge on any atom is -0.481 e. The molecule has 1 N–H and O–H groups in total. The number of piperidine rings is 1. The van der Waals surface area contributed by atoms with E-state index in [9.17, 15) is 9.18 Å². The van der Waals surface area contributed by atoms with Gasteiger partial charge in [-0.3, -0.25) is 9.78 Å². The van der Waals surface area contributed by atoms with Gasteiger partial charge < -0.3 is 10.0 Å². The topological polar surface area (TPSA) is 53.4 Å². The summed E-state index contributed by atoms with van der Waals surface area (Å²) in [6, 6.07) is 4.85. The zero-order valence-corrected chi connectivity index (χ0v) is 12.8. The van der Waals surface area contributed by atoms with Gasteiger partial charge in [-0.1, -0.05) is 0 Å². The molecule has 1 saturated heterocycles. The van der Waals surface area contributed by atoms with Crippen LogP contribution in [0.5, 0.6) is 0 Å². The molecule has 1 fully saturated rings. The standard InChI is InChI=1S/C15H14BrFN2O2/c16-10-1-2-11(17)13-12(3-6-18-14(10)13)19-7-4-9(5-8-19)15(20)21/h1-3,6,9H,4-5,7-8H2,(H,20,21). The van der Waals surface area contributed by atoms with Crippen LogP contribution in [0.1, 0.15) is 12.8 Å². The van der Waals surface area contributed by atoms with E-state index in [2.05, 4.69) is 20.9 Å². The molecule has 0 atom stereocenters. The summed E-state index contributed by atoms with van der Waals surface area (Å²) in [5.74, 6) is -1.36. The van der Waals surface area contributed by atoms with Gasteiger partial charge in [0.25, 0.3) is 0 Å². The average Bonchev–Trinajstić information content (AvgIpc) is 2.50. The number of fused-ring (bicyclic) bond motifs is 1. The number of pyridine rings is 1. The maximum atomic E-state index is 14.2. The molecule has 0 bridgehead atoms. The maximum absolute atomic E-state index is 14.2. The van der Waals surface area contributed by atoms with Crippen LogP contribution < -0.4 is 4.90 Å². The number of hydrogen-bond acceptors (Lipinski definition) is 3. The van der Waals surface area contributed by atoms with Gasteiger partial charge in [0, 0.05) is 23.8 Å². The summed E-state index contributed by atoms with van der Waals surface area (Å²) in [5.41, 5.74) is 1.37. The molecule has 6 heteroatoms. The average molecular weight is 353 g/mol. The first-order chi connectivity index (χ1) is 10.1. The molecule has 0 radical (unpaired) electrons. The van der Waals surface area contributed by atoms with Crippen LogP contribution in [0.4, 0.5) is 10.1 Å². The molecule has 2 aromatic rings. The molecule has 0 saturated carbocycles. The van der Waals surface area contributed by atoms with Gasteiger partial charge in [0.05, 0.1) is 22.5 Å². The number of aromatic nitrogens is 1. The highest BCUT2D eigenvalue weighted by Gasteiger charge is 2.26. The monoisotopic (exact) mass is 352 g/mol. The Balaban J connectivity index is 1.99. The Morgan fingerprint density at radius 2 is 2.05 bits per heavy atom. The number of carboxylic acids is 1. The second kappa shape index (κ2) is 5.60. The summed E-state index contributed by atoms with van der Waals surface area (Å²) in [4.78, 5) is 17.3. The van der Waals surface area contributed by atoms with Crippen molar-refractivity contribution in [1.29, 1.82) is 0 Å². The first kappa shape index (κ1) is 14.3. The summed E-state index contributed by atoms with van der Waals surface area (Å²) >= 11 is 3.39. The number of aliphatic carboxylic acids is 1. The van der Waals surface area contributed by atoms with Gasteiger partial charge in [-0.25, -0.2) is 4.39 Å². The first-order valence-electron chi connectivity index (χ1n) is 6.78. The molecule has 1 aromatic carbocycles. The number of halogens is 2. The highest BCUT2D eigenvalue weighted by molar-refractivity contribution is 9.10. The van der Waals surface area contributed by atoms with Gasteiger partial charge in [0.1, 0.15) is 5.82 Å². The number of anilines is 1. The molecule has 0 aliphatic carbocycles. The quantitative estimate of drug-likeness (QED) is 0.899. The number of carbonyl (C=O) groups is 1. The molecular weight excluding hydrogens is 339 g/mol. The van der Waals surface area contributed by atoms with Crippen LogP contribution in [0.3, 0.4) is 0 Å². The molecule has 110 valence electrons. The van der Waals surface area contributed by atoms with Gasteiger partial charge in [-0.05, 0) is 47.0 Å².